The van der Waals surface area contributed by atoms with Crippen LogP contribution < -0.4 is 5.56 Å². The summed E-state index contributed by atoms with van der Waals surface area (Å²) in [5.74, 6) is 0. The summed E-state index contributed by atoms with van der Waals surface area (Å²) < 4.78 is 27.7. The summed E-state index contributed by atoms with van der Waals surface area (Å²) in [5.41, 5.74) is 3.43. The molecule has 0 aliphatic carbocycles. The lowest BCUT2D eigenvalue weighted by molar-refractivity contribution is -0.255. The topological polar surface area (TPSA) is 100 Å². The third-order valence-corrected chi connectivity index (χ3v) is 6.92. The van der Waals surface area contributed by atoms with Crippen LogP contribution in [0.1, 0.15) is 22.9 Å². The van der Waals surface area contributed by atoms with Crippen LogP contribution in [0.2, 0.25) is 0 Å². The van der Waals surface area contributed by atoms with Crippen LogP contribution in [0.4, 0.5) is 0 Å². The van der Waals surface area contributed by atoms with Gasteiger partial charge in [0.2, 0.25) is 0 Å². The van der Waals surface area contributed by atoms with Crippen molar-refractivity contribution in [2.24, 2.45) is 0 Å². The molecule has 0 radical (unpaired) electrons. The molecular formula is C31H30N4O5. The van der Waals surface area contributed by atoms with Gasteiger partial charge >= 0.3 is 0 Å². The Balaban J connectivity index is 1.33. The third-order valence-electron chi connectivity index (χ3n) is 6.92. The first kappa shape index (κ1) is 26.1. The Kier molecular flexibility index (Phi) is 8.06. The summed E-state index contributed by atoms with van der Waals surface area (Å²) in [6.45, 7) is 1.37. The SMILES string of the molecule is O=c1[nH]cnc2c1ncn2[C@H]1OC[C@H](OCc2ccccc2)[C@@H](OCc2ccccc2)[C@H]1OCc1ccccc1. The number of ether oxygens (including phenoxy) is 4. The van der Waals surface area contributed by atoms with E-state index in [4.69, 9.17) is 18.9 Å². The molecule has 1 saturated heterocycles. The van der Waals surface area contributed by atoms with Gasteiger partial charge in [0.15, 0.2) is 17.4 Å². The summed E-state index contributed by atoms with van der Waals surface area (Å²) in [5, 5.41) is 0. The van der Waals surface area contributed by atoms with Gasteiger partial charge in [0.25, 0.3) is 5.56 Å². The van der Waals surface area contributed by atoms with Crippen molar-refractivity contribution in [3.63, 3.8) is 0 Å². The molecule has 1 fully saturated rings. The summed E-state index contributed by atoms with van der Waals surface area (Å²) in [7, 11) is 0. The second-order valence-corrected chi connectivity index (χ2v) is 9.64. The fourth-order valence-electron chi connectivity index (χ4n) is 4.88. The number of aromatic nitrogens is 4. The van der Waals surface area contributed by atoms with Crippen LogP contribution in [0.25, 0.3) is 11.2 Å². The first-order valence-electron chi connectivity index (χ1n) is 13.2. The second-order valence-electron chi connectivity index (χ2n) is 9.64. The predicted molar refractivity (Wildman–Crippen MR) is 148 cm³/mol. The van der Waals surface area contributed by atoms with Crippen molar-refractivity contribution in [2.45, 2.75) is 44.4 Å². The molecule has 3 heterocycles. The molecule has 1 aliphatic rings. The maximum Gasteiger partial charge on any atom is 0.278 e. The Morgan fingerprint density at radius 3 is 1.90 bits per heavy atom. The van der Waals surface area contributed by atoms with Gasteiger partial charge in [0.05, 0.1) is 39.1 Å². The highest BCUT2D eigenvalue weighted by Crippen LogP contribution is 2.33. The molecular weight excluding hydrogens is 508 g/mol. The van der Waals surface area contributed by atoms with E-state index in [-0.39, 0.29) is 17.7 Å². The van der Waals surface area contributed by atoms with Crippen LogP contribution in [-0.4, -0.2) is 44.4 Å². The van der Waals surface area contributed by atoms with E-state index >= 15 is 0 Å². The standard InChI is InChI=1S/C31H30N4O5/c36-30-26-29(32-20-33-30)35(21-34-26)31-28(39-18-24-14-8-3-9-15-24)27(38-17-23-12-6-2-7-13-23)25(19-40-31)37-16-22-10-4-1-5-11-22/h1-15,20-21,25,27-28,31H,16-19H2,(H,32,33,36)/t25-,27+,28+,31-/m0/s1. The smallest absolute Gasteiger partial charge is 0.278 e. The molecule has 6 rings (SSSR count). The van der Waals surface area contributed by atoms with Crippen molar-refractivity contribution in [1.29, 1.82) is 0 Å². The molecule has 2 aromatic heterocycles. The number of hydrogen-bond acceptors (Lipinski definition) is 7. The Bertz CT molecular complexity index is 1560. The highest BCUT2D eigenvalue weighted by molar-refractivity contribution is 5.68. The monoisotopic (exact) mass is 538 g/mol. The second kappa shape index (κ2) is 12.4. The van der Waals surface area contributed by atoms with Crippen molar-refractivity contribution in [3.05, 3.63) is 131 Å². The van der Waals surface area contributed by atoms with E-state index in [2.05, 4.69) is 15.0 Å². The lowest BCUT2D eigenvalue weighted by atomic mass is 10.0. The molecule has 9 heteroatoms. The number of rotatable bonds is 10. The molecule has 1 N–H and O–H groups in total. The molecule has 3 aromatic carbocycles. The zero-order valence-corrected chi connectivity index (χ0v) is 21.8. The predicted octanol–water partition coefficient (Wildman–Crippen LogP) is 4.40. The lowest BCUT2D eigenvalue weighted by Gasteiger charge is -2.42. The molecule has 0 saturated carbocycles. The molecule has 40 heavy (non-hydrogen) atoms. The van der Waals surface area contributed by atoms with Gasteiger partial charge in [-0.1, -0.05) is 91.0 Å². The van der Waals surface area contributed by atoms with Crippen LogP contribution in [-0.2, 0) is 38.8 Å². The van der Waals surface area contributed by atoms with Crippen molar-refractivity contribution < 1.29 is 18.9 Å². The quantitative estimate of drug-likeness (QED) is 0.281. The number of benzene rings is 3. The minimum Gasteiger partial charge on any atom is -0.368 e. The van der Waals surface area contributed by atoms with E-state index in [1.165, 1.54) is 6.33 Å². The summed E-state index contributed by atoms with van der Waals surface area (Å²) in [6.07, 6.45) is 0.770. The first-order valence-corrected chi connectivity index (χ1v) is 13.2. The fourth-order valence-corrected chi connectivity index (χ4v) is 4.88. The number of hydrogen-bond donors (Lipinski definition) is 1. The zero-order valence-electron chi connectivity index (χ0n) is 21.8. The number of nitrogens with one attached hydrogen (secondary N) is 1. The number of H-pyrrole nitrogens is 1. The third kappa shape index (κ3) is 5.88. The van der Waals surface area contributed by atoms with Crippen LogP contribution >= 0.6 is 0 Å². The molecule has 9 nitrogen and oxygen atoms in total. The van der Waals surface area contributed by atoms with Gasteiger partial charge in [-0.3, -0.25) is 9.36 Å². The minimum absolute atomic E-state index is 0.233. The van der Waals surface area contributed by atoms with Gasteiger partial charge in [-0.15, -0.1) is 0 Å². The minimum atomic E-state index is -0.652. The van der Waals surface area contributed by atoms with Crippen molar-refractivity contribution >= 4 is 11.2 Å². The fraction of sp³-hybridized carbons (Fsp3) is 0.258. The average Bonchev–Trinajstić information content (AvgIpc) is 3.45. The molecule has 204 valence electrons. The van der Waals surface area contributed by atoms with Crippen molar-refractivity contribution in [2.75, 3.05) is 6.61 Å². The zero-order chi connectivity index (χ0) is 27.1. The maximum absolute atomic E-state index is 12.4. The van der Waals surface area contributed by atoms with E-state index < -0.39 is 24.5 Å². The van der Waals surface area contributed by atoms with Gasteiger partial charge < -0.3 is 23.9 Å². The van der Waals surface area contributed by atoms with Gasteiger partial charge in [0.1, 0.15) is 18.3 Å². The highest BCUT2D eigenvalue weighted by Gasteiger charge is 2.44. The summed E-state index contributed by atoms with van der Waals surface area (Å²) in [4.78, 5) is 23.6. The summed E-state index contributed by atoms with van der Waals surface area (Å²) in [6, 6.07) is 29.9. The number of imidazole rings is 1. The number of aromatic amines is 1. The molecule has 0 unspecified atom stereocenters. The van der Waals surface area contributed by atoms with Gasteiger partial charge in [-0.05, 0) is 16.7 Å². The van der Waals surface area contributed by atoms with Gasteiger partial charge in [-0.25, -0.2) is 9.97 Å². The van der Waals surface area contributed by atoms with E-state index in [0.717, 1.165) is 16.7 Å². The molecule has 0 bridgehead atoms. The molecule has 1 aliphatic heterocycles. The summed E-state index contributed by atoms with van der Waals surface area (Å²) >= 11 is 0. The van der Waals surface area contributed by atoms with E-state index in [0.29, 0.717) is 25.5 Å². The Morgan fingerprint density at radius 2 is 1.30 bits per heavy atom. The van der Waals surface area contributed by atoms with E-state index in [1.807, 2.05) is 91.0 Å². The van der Waals surface area contributed by atoms with Crippen LogP contribution in [0.15, 0.2) is 108 Å². The Labute approximate surface area is 231 Å². The number of fused-ring (bicyclic) bond motifs is 1. The van der Waals surface area contributed by atoms with Gasteiger partial charge in [0, 0.05) is 0 Å². The molecule has 5 aromatic rings. The van der Waals surface area contributed by atoms with Crippen LogP contribution in [0, 0.1) is 0 Å². The first-order chi connectivity index (χ1) is 19.8. The molecule has 0 spiro atoms. The largest absolute Gasteiger partial charge is 0.368 e. The maximum atomic E-state index is 12.4. The van der Waals surface area contributed by atoms with Crippen molar-refractivity contribution in [1.82, 2.24) is 19.5 Å². The highest BCUT2D eigenvalue weighted by atomic mass is 16.6. The Morgan fingerprint density at radius 1 is 0.750 bits per heavy atom. The van der Waals surface area contributed by atoms with Crippen LogP contribution in [0.3, 0.4) is 0 Å². The lowest BCUT2D eigenvalue weighted by Crippen LogP contribution is -2.54. The van der Waals surface area contributed by atoms with Crippen molar-refractivity contribution in [3.8, 4) is 0 Å². The number of nitrogens with zero attached hydrogens (tertiary/aromatic N) is 3. The average molecular weight is 539 g/mol. The molecule has 0 amide bonds. The van der Waals surface area contributed by atoms with E-state index in [1.54, 1.807) is 10.9 Å². The Hall–Kier alpha value is -4.15. The molecule has 4 atom stereocenters. The van der Waals surface area contributed by atoms with Gasteiger partial charge in [-0.2, -0.15) is 0 Å². The van der Waals surface area contributed by atoms with Crippen LogP contribution in [0.5, 0.6) is 0 Å². The van der Waals surface area contributed by atoms with E-state index in [9.17, 15) is 4.79 Å². The normalized spacial score (nSPS) is 21.0.